The van der Waals surface area contributed by atoms with Gasteiger partial charge in [-0.3, -0.25) is 9.59 Å². The monoisotopic (exact) mass is 403 g/mol. The number of hydrogen-bond donors (Lipinski definition) is 3. The molecule has 9 nitrogen and oxygen atoms in total. The number of ether oxygens (including phenoxy) is 1. The van der Waals surface area contributed by atoms with Gasteiger partial charge in [-0.25, -0.2) is 12.8 Å². The molecule has 0 saturated carbocycles. The molecule has 0 spiro atoms. The van der Waals surface area contributed by atoms with Gasteiger partial charge in [-0.2, -0.15) is 4.31 Å². The zero-order valence-corrected chi connectivity index (χ0v) is 15.4. The average molecular weight is 403 g/mol. The number of carbonyl (C=O) groups is 2. The van der Waals surface area contributed by atoms with Gasteiger partial charge in [0.1, 0.15) is 12.0 Å². The number of nitrogens with one attached hydrogen (secondary N) is 2. The Morgan fingerprint density at radius 1 is 1.22 bits per heavy atom. The molecular weight excluding hydrogens is 381 g/mol. The molecule has 0 aliphatic carbocycles. The van der Waals surface area contributed by atoms with Crippen LogP contribution in [0.3, 0.4) is 0 Å². The summed E-state index contributed by atoms with van der Waals surface area (Å²) >= 11 is 0. The van der Waals surface area contributed by atoms with E-state index in [1.807, 2.05) is 0 Å². The number of sulfonamides is 1. The fraction of sp³-hybridized carbons (Fsp3) is 0.500. The summed E-state index contributed by atoms with van der Waals surface area (Å²) in [6, 6.07) is 4.41. The van der Waals surface area contributed by atoms with E-state index in [0.29, 0.717) is 19.4 Å². The van der Waals surface area contributed by atoms with E-state index in [0.717, 1.165) is 28.6 Å². The van der Waals surface area contributed by atoms with E-state index in [1.165, 1.54) is 0 Å². The molecule has 1 saturated heterocycles. The van der Waals surface area contributed by atoms with Crippen LogP contribution in [0.15, 0.2) is 29.2 Å². The van der Waals surface area contributed by atoms with Crippen molar-refractivity contribution >= 4 is 21.8 Å². The molecule has 0 aromatic heterocycles. The zero-order chi connectivity index (χ0) is 19.9. The fourth-order valence-corrected chi connectivity index (χ4v) is 4.03. The van der Waals surface area contributed by atoms with Crippen LogP contribution in [-0.2, 0) is 24.3 Å². The van der Waals surface area contributed by atoms with Crippen LogP contribution in [0.1, 0.15) is 12.8 Å². The SMILES string of the molecule is O=C(NCCCO)C(=O)NC[C@@H]1OCCCN1S(=O)(=O)c1ccc(F)cc1. The minimum Gasteiger partial charge on any atom is -0.396 e. The lowest BCUT2D eigenvalue weighted by atomic mass is 10.3. The van der Waals surface area contributed by atoms with Gasteiger partial charge in [-0.15, -0.1) is 0 Å². The first-order chi connectivity index (χ1) is 12.9. The lowest BCUT2D eigenvalue weighted by molar-refractivity contribution is -0.140. The maximum Gasteiger partial charge on any atom is 0.309 e. The lowest BCUT2D eigenvalue weighted by Gasteiger charge is -2.34. The first kappa shape index (κ1) is 21.2. The number of aliphatic hydroxyl groups is 1. The Morgan fingerprint density at radius 3 is 2.56 bits per heavy atom. The Balaban J connectivity index is 2.01. The summed E-state index contributed by atoms with van der Waals surface area (Å²) in [5.41, 5.74) is 0. The smallest absolute Gasteiger partial charge is 0.309 e. The molecule has 27 heavy (non-hydrogen) atoms. The van der Waals surface area contributed by atoms with Crippen molar-refractivity contribution < 1.29 is 32.2 Å². The average Bonchev–Trinajstić information content (AvgIpc) is 2.66. The molecule has 0 radical (unpaired) electrons. The van der Waals surface area contributed by atoms with Crippen molar-refractivity contribution in [1.82, 2.24) is 14.9 Å². The summed E-state index contributed by atoms with van der Waals surface area (Å²) in [7, 11) is -3.95. The van der Waals surface area contributed by atoms with E-state index >= 15 is 0 Å². The van der Waals surface area contributed by atoms with E-state index in [4.69, 9.17) is 9.84 Å². The molecule has 11 heteroatoms. The van der Waals surface area contributed by atoms with E-state index in [2.05, 4.69) is 10.6 Å². The molecule has 1 aromatic rings. The normalized spacial score (nSPS) is 18.1. The highest BCUT2D eigenvalue weighted by atomic mass is 32.2. The van der Waals surface area contributed by atoms with Gasteiger partial charge in [0.25, 0.3) is 0 Å². The third-order valence-electron chi connectivity index (χ3n) is 3.84. The molecule has 1 aliphatic rings. The maximum atomic E-state index is 13.1. The number of halogens is 1. The molecule has 150 valence electrons. The van der Waals surface area contributed by atoms with E-state index in [1.54, 1.807) is 0 Å². The zero-order valence-electron chi connectivity index (χ0n) is 14.6. The van der Waals surface area contributed by atoms with Crippen molar-refractivity contribution in [2.24, 2.45) is 0 Å². The van der Waals surface area contributed by atoms with Crippen LogP contribution in [0.2, 0.25) is 0 Å². The molecular formula is C16H22FN3O6S. The number of amides is 2. The predicted octanol–water partition coefficient (Wildman–Crippen LogP) is -0.822. The van der Waals surface area contributed by atoms with E-state index in [9.17, 15) is 22.4 Å². The van der Waals surface area contributed by atoms with Crippen LogP contribution >= 0.6 is 0 Å². The molecule has 1 heterocycles. The lowest BCUT2D eigenvalue weighted by Crippen LogP contribution is -2.53. The van der Waals surface area contributed by atoms with Crippen molar-refractivity contribution in [2.45, 2.75) is 24.0 Å². The quantitative estimate of drug-likeness (QED) is 0.403. The van der Waals surface area contributed by atoms with Crippen molar-refractivity contribution in [3.8, 4) is 0 Å². The van der Waals surface area contributed by atoms with Crippen molar-refractivity contribution in [2.75, 3.05) is 32.8 Å². The largest absolute Gasteiger partial charge is 0.396 e. The summed E-state index contributed by atoms with van der Waals surface area (Å²) in [5, 5.41) is 13.3. The third kappa shape index (κ3) is 5.70. The van der Waals surface area contributed by atoms with Crippen LogP contribution in [0.5, 0.6) is 0 Å². The second-order valence-electron chi connectivity index (χ2n) is 5.79. The van der Waals surface area contributed by atoms with Crippen molar-refractivity contribution in [3.05, 3.63) is 30.1 Å². The number of nitrogens with zero attached hydrogens (tertiary/aromatic N) is 1. The Labute approximate surface area is 156 Å². The van der Waals surface area contributed by atoms with Gasteiger partial charge in [0, 0.05) is 19.7 Å². The second kappa shape index (κ2) is 9.74. The van der Waals surface area contributed by atoms with Crippen LogP contribution in [0.25, 0.3) is 0 Å². The molecule has 1 aromatic carbocycles. The number of carbonyl (C=O) groups excluding carboxylic acids is 2. The van der Waals surface area contributed by atoms with E-state index < -0.39 is 33.9 Å². The topological polar surface area (TPSA) is 125 Å². The molecule has 0 unspecified atom stereocenters. The molecule has 1 fully saturated rings. The summed E-state index contributed by atoms with van der Waals surface area (Å²) in [4.78, 5) is 23.3. The van der Waals surface area contributed by atoms with Crippen LogP contribution in [0.4, 0.5) is 4.39 Å². The highest BCUT2D eigenvalue weighted by molar-refractivity contribution is 7.89. The predicted molar refractivity (Wildman–Crippen MR) is 92.4 cm³/mol. The number of benzene rings is 1. The summed E-state index contributed by atoms with van der Waals surface area (Å²) in [5.74, 6) is -2.37. The number of aliphatic hydroxyl groups excluding tert-OH is 1. The van der Waals surface area contributed by atoms with Crippen molar-refractivity contribution in [3.63, 3.8) is 0 Å². The third-order valence-corrected chi connectivity index (χ3v) is 5.74. The highest BCUT2D eigenvalue weighted by Gasteiger charge is 2.34. The highest BCUT2D eigenvalue weighted by Crippen LogP contribution is 2.22. The number of rotatable bonds is 7. The maximum absolute atomic E-state index is 13.1. The number of hydrogen-bond acceptors (Lipinski definition) is 6. The molecule has 2 rings (SSSR count). The van der Waals surface area contributed by atoms with Gasteiger partial charge in [0.15, 0.2) is 0 Å². The van der Waals surface area contributed by atoms with E-state index in [-0.39, 0.29) is 31.1 Å². The van der Waals surface area contributed by atoms with Crippen LogP contribution in [-0.4, -0.2) is 68.7 Å². The molecule has 0 bridgehead atoms. The van der Waals surface area contributed by atoms with Crippen LogP contribution < -0.4 is 10.6 Å². The van der Waals surface area contributed by atoms with Crippen molar-refractivity contribution in [1.29, 1.82) is 0 Å². The summed E-state index contributed by atoms with van der Waals surface area (Å²) < 4.78 is 45.1. The minimum absolute atomic E-state index is 0.0903. The molecule has 2 amide bonds. The fourth-order valence-electron chi connectivity index (χ4n) is 2.47. The summed E-state index contributed by atoms with van der Waals surface area (Å²) in [6.07, 6.45) is -0.205. The Hall–Kier alpha value is -2.08. The van der Waals surface area contributed by atoms with Gasteiger partial charge < -0.3 is 20.5 Å². The second-order valence-corrected chi connectivity index (χ2v) is 7.68. The first-order valence-corrected chi connectivity index (χ1v) is 9.86. The standard InChI is InChI=1S/C16H22FN3O6S/c17-12-3-5-13(6-4-12)27(24,25)20-8-2-10-26-14(20)11-19-16(23)15(22)18-7-1-9-21/h3-6,14,21H,1-2,7-11H2,(H,18,22)(H,19,23)/t14-/m0/s1. The Morgan fingerprint density at radius 2 is 1.89 bits per heavy atom. The molecule has 1 atom stereocenters. The van der Waals surface area contributed by atoms with Gasteiger partial charge >= 0.3 is 11.8 Å². The van der Waals surface area contributed by atoms with Crippen LogP contribution in [0, 0.1) is 5.82 Å². The first-order valence-electron chi connectivity index (χ1n) is 8.42. The Bertz CT molecular complexity index is 756. The van der Waals surface area contributed by atoms with Gasteiger partial charge in [0.05, 0.1) is 18.0 Å². The van der Waals surface area contributed by atoms with Gasteiger partial charge in [-0.1, -0.05) is 0 Å². The van der Waals surface area contributed by atoms with Gasteiger partial charge in [0.2, 0.25) is 10.0 Å². The van der Waals surface area contributed by atoms with Gasteiger partial charge in [-0.05, 0) is 37.1 Å². The summed E-state index contributed by atoms with van der Waals surface area (Å²) in [6.45, 7) is 0.288. The minimum atomic E-state index is -3.95. The molecule has 3 N–H and O–H groups in total. The molecule has 1 aliphatic heterocycles. The Kier molecular flexibility index (Phi) is 7.66.